The number of nitrogens with one attached hydrogen (secondary N) is 2. The second-order valence-corrected chi connectivity index (χ2v) is 3.94. The Morgan fingerprint density at radius 1 is 1.26 bits per heavy atom. The molecule has 0 unspecified atom stereocenters. The molecule has 0 radical (unpaired) electrons. The molecule has 19 heavy (non-hydrogen) atoms. The fraction of sp³-hybridized carbons (Fsp3) is 0.333. The fourth-order valence-corrected chi connectivity index (χ4v) is 1.58. The Kier molecular flexibility index (Phi) is 4.19. The normalized spacial score (nSPS) is 12.2. The van der Waals surface area contributed by atoms with Crippen molar-refractivity contribution >= 4 is 17.6 Å². The minimum atomic E-state index is -0.899. The summed E-state index contributed by atoms with van der Waals surface area (Å²) in [4.78, 5) is 21.8. The molecule has 0 fully saturated rings. The number of benzene rings is 1. The molecule has 0 bridgehead atoms. The number of carboxylic acids is 1. The maximum absolute atomic E-state index is 11.6. The van der Waals surface area contributed by atoms with Gasteiger partial charge in [-0.25, -0.2) is 0 Å². The molecule has 0 aliphatic carbocycles. The Balaban J connectivity index is 1.77. The zero-order valence-electron chi connectivity index (χ0n) is 10.1. The highest BCUT2D eigenvalue weighted by atomic mass is 16.7. The summed E-state index contributed by atoms with van der Waals surface area (Å²) in [5.74, 6) is 0.0992. The Morgan fingerprint density at radius 3 is 2.84 bits per heavy atom. The van der Waals surface area contributed by atoms with Gasteiger partial charge >= 0.3 is 5.97 Å². The van der Waals surface area contributed by atoms with Gasteiger partial charge in [-0.1, -0.05) is 0 Å². The van der Waals surface area contributed by atoms with Gasteiger partial charge in [0.1, 0.15) is 0 Å². The highest BCUT2D eigenvalue weighted by Gasteiger charge is 2.13. The van der Waals surface area contributed by atoms with Gasteiger partial charge in [-0.2, -0.15) is 0 Å². The molecule has 2 rings (SSSR count). The Morgan fingerprint density at radius 2 is 2.05 bits per heavy atom. The lowest BCUT2D eigenvalue weighted by Gasteiger charge is -2.06. The molecule has 1 heterocycles. The number of ether oxygens (including phenoxy) is 2. The van der Waals surface area contributed by atoms with Gasteiger partial charge in [-0.3, -0.25) is 9.59 Å². The SMILES string of the molecule is O=C(O)CCNCC(=O)Nc1ccc2c(c1)OCO2. The molecule has 102 valence electrons. The van der Waals surface area contributed by atoms with Crippen molar-refractivity contribution in [2.75, 3.05) is 25.2 Å². The smallest absolute Gasteiger partial charge is 0.304 e. The molecule has 1 aliphatic heterocycles. The van der Waals surface area contributed by atoms with Crippen LogP contribution < -0.4 is 20.1 Å². The largest absolute Gasteiger partial charge is 0.481 e. The zero-order valence-corrected chi connectivity index (χ0v) is 10.1. The molecule has 0 atom stereocenters. The number of amides is 1. The van der Waals surface area contributed by atoms with Crippen LogP contribution in [0.4, 0.5) is 5.69 Å². The number of carbonyl (C=O) groups excluding carboxylic acids is 1. The number of aliphatic carboxylic acids is 1. The average molecular weight is 266 g/mol. The number of hydrogen-bond donors (Lipinski definition) is 3. The van der Waals surface area contributed by atoms with Crippen LogP contribution in [-0.4, -0.2) is 36.9 Å². The summed E-state index contributed by atoms with van der Waals surface area (Å²) in [6.45, 7) is 0.495. The molecule has 0 saturated carbocycles. The molecule has 3 N–H and O–H groups in total. The number of rotatable bonds is 6. The van der Waals surface area contributed by atoms with E-state index in [1.165, 1.54) is 0 Å². The first-order chi connectivity index (χ1) is 9.15. The number of carboxylic acid groups (broad SMARTS) is 1. The summed E-state index contributed by atoms with van der Waals surface area (Å²) in [5, 5.41) is 13.9. The van der Waals surface area contributed by atoms with Crippen molar-refractivity contribution in [2.45, 2.75) is 6.42 Å². The third-order valence-corrected chi connectivity index (χ3v) is 2.46. The first-order valence-electron chi connectivity index (χ1n) is 5.77. The van der Waals surface area contributed by atoms with Crippen molar-refractivity contribution in [1.82, 2.24) is 5.32 Å². The van der Waals surface area contributed by atoms with Gasteiger partial charge in [0.05, 0.1) is 13.0 Å². The van der Waals surface area contributed by atoms with E-state index in [-0.39, 0.29) is 32.2 Å². The van der Waals surface area contributed by atoms with Crippen LogP contribution in [0.5, 0.6) is 11.5 Å². The molecule has 0 spiro atoms. The highest BCUT2D eigenvalue weighted by molar-refractivity contribution is 5.92. The van der Waals surface area contributed by atoms with Crippen LogP contribution in [-0.2, 0) is 9.59 Å². The molecule has 7 nitrogen and oxygen atoms in total. The predicted octanol–water partition coefficient (Wildman–Crippen LogP) is 0.418. The number of anilines is 1. The van der Waals surface area contributed by atoms with Crippen LogP contribution in [0.1, 0.15) is 6.42 Å². The lowest BCUT2D eigenvalue weighted by Crippen LogP contribution is -2.29. The minimum Gasteiger partial charge on any atom is -0.481 e. The van der Waals surface area contributed by atoms with Crippen LogP contribution in [0.2, 0.25) is 0 Å². The van der Waals surface area contributed by atoms with E-state index in [4.69, 9.17) is 14.6 Å². The van der Waals surface area contributed by atoms with Crippen molar-refractivity contribution in [2.24, 2.45) is 0 Å². The van der Waals surface area contributed by atoms with E-state index in [1.807, 2.05) is 0 Å². The topological polar surface area (TPSA) is 96.9 Å². The van der Waals surface area contributed by atoms with Crippen molar-refractivity contribution in [3.05, 3.63) is 18.2 Å². The zero-order chi connectivity index (χ0) is 13.7. The van der Waals surface area contributed by atoms with E-state index in [1.54, 1.807) is 18.2 Å². The van der Waals surface area contributed by atoms with E-state index in [0.29, 0.717) is 17.2 Å². The summed E-state index contributed by atoms with van der Waals surface area (Å²) in [6, 6.07) is 5.11. The third kappa shape index (κ3) is 3.85. The summed E-state index contributed by atoms with van der Waals surface area (Å²) >= 11 is 0. The van der Waals surface area contributed by atoms with Gasteiger partial charge in [-0.15, -0.1) is 0 Å². The van der Waals surface area contributed by atoms with Gasteiger partial charge in [0.25, 0.3) is 0 Å². The summed E-state index contributed by atoms with van der Waals surface area (Å²) < 4.78 is 10.3. The molecule has 1 aliphatic rings. The van der Waals surface area contributed by atoms with Crippen molar-refractivity contribution in [3.63, 3.8) is 0 Å². The first kappa shape index (κ1) is 13.2. The van der Waals surface area contributed by atoms with Crippen LogP contribution in [0.3, 0.4) is 0 Å². The maximum atomic E-state index is 11.6. The quantitative estimate of drug-likeness (QED) is 0.646. The van der Waals surface area contributed by atoms with Gasteiger partial charge in [-0.05, 0) is 12.1 Å². The van der Waals surface area contributed by atoms with E-state index in [0.717, 1.165) is 0 Å². The molecular weight excluding hydrogens is 252 g/mol. The maximum Gasteiger partial charge on any atom is 0.304 e. The van der Waals surface area contributed by atoms with Gasteiger partial charge in [0.15, 0.2) is 11.5 Å². The van der Waals surface area contributed by atoms with Crippen molar-refractivity contribution < 1.29 is 24.2 Å². The molecule has 1 aromatic carbocycles. The standard InChI is InChI=1S/C12H14N2O5/c15-11(6-13-4-3-12(16)17)14-8-1-2-9-10(5-8)19-7-18-9/h1-2,5,13H,3-4,6-7H2,(H,14,15)(H,16,17). The van der Waals surface area contributed by atoms with Gasteiger partial charge in [0, 0.05) is 18.3 Å². The molecule has 7 heteroatoms. The molecule has 1 amide bonds. The average Bonchev–Trinajstić information content (AvgIpc) is 2.82. The Labute approximate surface area is 109 Å². The molecule has 0 saturated heterocycles. The summed E-state index contributed by atoms with van der Waals surface area (Å²) in [6.07, 6.45) is -0.0166. The van der Waals surface area contributed by atoms with E-state index in [9.17, 15) is 9.59 Å². The number of fused-ring (bicyclic) bond motifs is 1. The second kappa shape index (κ2) is 6.05. The second-order valence-electron chi connectivity index (χ2n) is 3.94. The lowest BCUT2D eigenvalue weighted by atomic mass is 10.3. The lowest BCUT2D eigenvalue weighted by molar-refractivity contribution is -0.137. The number of carbonyl (C=O) groups is 2. The van der Waals surface area contributed by atoms with Gasteiger partial charge < -0.3 is 25.2 Å². The predicted molar refractivity (Wildman–Crippen MR) is 66.3 cm³/mol. The monoisotopic (exact) mass is 266 g/mol. The van der Waals surface area contributed by atoms with Crippen molar-refractivity contribution in [1.29, 1.82) is 0 Å². The third-order valence-electron chi connectivity index (χ3n) is 2.46. The summed E-state index contributed by atoms with van der Waals surface area (Å²) in [5.41, 5.74) is 0.606. The molecule has 0 aromatic heterocycles. The van der Waals surface area contributed by atoms with E-state index in [2.05, 4.69) is 10.6 Å². The van der Waals surface area contributed by atoms with Crippen LogP contribution in [0, 0.1) is 0 Å². The van der Waals surface area contributed by atoms with Crippen LogP contribution in [0.15, 0.2) is 18.2 Å². The minimum absolute atomic E-state index is 0.0166. The molecular formula is C12H14N2O5. The highest BCUT2D eigenvalue weighted by Crippen LogP contribution is 2.34. The molecule has 1 aromatic rings. The van der Waals surface area contributed by atoms with E-state index >= 15 is 0 Å². The van der Waals surface area contributed by atoms with Crippen molar-refractivity contribution in [3.8, 4) is 11.5 Å². The van der Waals surface area contributed by atoms with E-state index < -0.39 is 5.97 Å². The Hall–Kier alpha value is -2.28. The summed E-state index contributed by atoms with van der Waals surface area (Å²) in [7, 11) is 0. The first-order valence-corrected chi connectivity index (χ1v) is 5.77. The van der Waals surface area contributed by atoms with Gasteiger partial charge in [0.2, 0.25) is 12.7 Å². The fourth-order valence-electron chi connectivity index (χ4n) is 1.58. The number of hydrogen-bond acceptors (Lipinski definition) is 5. The Bertz CT molecular complexity index is 489. The van der Waals surface area contributed by atoms with Crippen LogP contribution in [0.25, 0.3) is 0 Å². The van der Waals surface area contributed by atoms with Crippen LogP contribution >= 0.6 is 0 Å².